The van der Waals surface area contributed by atoms with Gasteiger partial charge in [-0.15, -0.1) is 0 Å². The van der Waals surface area contributed by atoms with E-state index in [1.54, 1.807) is 0 Å². The second kappa shape index (κ2) is 8.62. The number of rotatable bonds is 7. The number of anilines is 1. The molecule has 0 fully saturated rings. The minimum absolute atomic E-state index is 0.00171. The number of quaternary nitrogens is 1. The van der Waals surface area contributed by atoms with Crippen LogP contribution in [0.4, 0.5) is 5.13 Å². The van der Waals surface area contributed by atoms with Gasteiger partial charge in [0.15, 0.2) is 16.6 Å². The Bertz CT molecular complexity index is 1030. The Hall–Kier alpha value is -2.64. The lowest BCUT2D eigenvalue weighted by Gasteiger charge is -2.23. The second-order valence-electron chi connectivity index (χ2n) is 7.65. The fourth-order valence-corrected chi connectivity index (χ4v) is 4.78. The van der Waals surface area contributed by atoms with Crippen LogP contribution in [0.2, 0.25) is 0 Å². The van der Waals surface area contributed by atoms with E-state index in [1.807, 2.05) is 43.0 Å². The van der Waals surface area contributed by atoms with Crippen molar-refractivity contribution in [1.29, 1.82) is 0 Å². The fraction of sp³-hybridized carbons (Fsp3) is 0.391. The third-order valence-electron chi connectivity index (χ3n) is 5.65. The summed E-state index contributed by atoms with van der Waals surface area (Å²) in [4.78, 5) is 21.7. The van der Waals surface area contributed by atoms with Gasteiger partial charge in [0.1, 0.15) is 0 Å². The molecule has 2 aromatic carbocycles. The fourth-order valence-electron chi connectivity index (χ4n) is 3.78. The van der Waals surface area contributed by atoms with E-state index in [9.17, 15) is 4.79 Å². The Kier molecular flexibility index (Phi) is 5.92. The van der Waals surface area contributed by atoms with Gasteiger partial charge >= 0.3 is 0 Å². The highest BCUT2D eigenvalue weighted by Crippen LogP contribution is 2.40. The first-order chi connectivity index (χ1) is 14.5. The molecule has 1 aromatic heterocycles. The van der Waals surface area contributed by atoms with Gasteiger partial charge in [-0.25, -0.2) is 4.98 Å². The van der Waals surface area contributed by atoms with Crippen LogP contribution in [0.3, 0.4) is 0 Å². The summed E-state index contributed by atoms with van der Waals surface area (Å²) in [5.74, 6) is 1.44. The zero-order valence-corrected chi connectivity index (χ0v) is 18.8. The predicted octanol–water partition coefficient (Wildman–Crippen LogP) is 3.21. The Morgan fingerprint density at radius 2 is 1.87 bits per heavy atom. The highest BCUT2D eigenvalue weighted by Gasteiger charge is 2.25. The number of aryl methyl sites for hydroxylation is 2. The third kappa shape index (κ3) is 4.00. The molecule has 0 radical (unpaired) electrons. The van der Waals surface area contributed by atoms with Crippen LogP contribution in [0.15, 0.2) is 30.3 Å². The maximum absolute atomic E-state index is 13.6. The van der Waals surface area contributed by atoms with E-state index in [0.29, 0.717) is 17.4 Å². The first-order valence-electron chi connectivity index (χ1n) is 10.4. The smallest absolute Gasteiger partial charge is 0.260 e. The molecular weight excluding hydrogens is 398 g/mol. The number of amides is 1. The Morgan fingerprint density at radius 1 is 1.13 bits per heavy atom. The molecule has 2 heterocycles. The minimum atomic E-state index is -0.00171. The number of ether oxygens (including phenoxy) is 2. The van der Waals surface area contributed by atoms with E-state index in [1.165, 1.54) is 16.2 Å². The molecule has 0 saturated carbocycles. The number of hydrogen-bond donors (Lipinski definition) is 1. The van der Waals surface area contributed by atoms with Gasteiger partial charge in [0.05, 0.1) is 36.4 Å². The van der Waals surface area contributed by atoms with Crippen molar-refractivity contribution >= 4 is 32.6 Å². The number of carbonyl (C=O) groups is 1. The number of likely N-dealkylation sites (N-methyl/N-ethyl adjacent to an activating group) is 1. The average molecular weight is 427 g/mol. The molecule has 0 atom stereocenters. The summed E-state index contributed by atoms with van der Waals surface area (Å²) in [5, 5.41) is 0.713. The topological polar surface area (TPSA) is 56.1 Å². The number of aromatic nitrogens is 1. The maximum atomic E-state index is 13.6. The van der Waals surface area contributed by atoms with Gasteiger partial charge in [0, 0.05) is 17.7 Å². The molecule has 0 saturated heterocycles. The summed E-state index contributed by atoms with van der Waals surface area (Å²) in [6.45, 7) is 12.2. The monoisotopic (exact) mass is 426 g/mol. The maximum Gasteiger partial charge on any atom is 0.260 e. The predicted molar refractivity (Wildman–Crippen MR) is 120 cm³/mol. The number of fused-ring (bicyclic) bond motifs is 2. The molecular formula is C23H28N3O3S+. The van der Waals surface area contributed by atoms with E-state index < -0.39 is 0 Å². The molecule has 0 aliphatic carbocycles. The molecule has 1 amide bonds. The van der Waals surface area contributed by atoms with Crippen molar-refractivity contribution in [2.75, 3.05) is 37.9 Å². The zero-order chi connectivity index (χ0) is 21.3. The van der Waals surface area contributed by atoms with Crippen molar-refractivity contribution in [3.63, 3.8) is 0 Å². The van der Waals surface area contributed by atoms with Crippen LogP contribution in [0.25, 0.3) is 10.2 Å². The lowest BCUT2D eigenvalue weighted by molar-refractivity contribution is -0.894. The number of hydrogen-bond acceptors (Lipinski definition) is 5. The Balaban J connectivity index is 1.71. The van der Waals surface area contributed by atoms with Crippen LogP contribution in [-0.4, -0.2) is 43.9 Å². The zero-order valence-electron chi connectivity index (χ0n) is 17.9. The summed E-state index contributed by atoms with van der Waals surface area (Å²) < 4.78 is 12.0. The van der Waals surface area contributed by atoms with Crippen molar-refractivity contribution in [3.05, 3.63) is 47.0 Å². The van der Waals surface area contributed by atoms with Crippen molar-refractivity contribution < 1.29 is 19.2 Å². The summed E-state index contributed by atoms with van der Waals surface area (Å²) in [7, 11) is 0. The van der Waals surface area contributed by atoms with Gasteiger partial charge in [-0.3, -0.25) is 9.69 Å². The van der Waals surface area contributed by atoms with Crippen LogP contribution >= 0.6 is 11.3 Å². The van der Waals surface area contributed by atoms with Gasteiger partial charge in [-0.05, 0) is 39.3 Å². The number of benzene rings is 2. The van der Waals surface area contributed by atoms with E-state index in [-0.39, 0.29) is 12.7 Å². The summed E-state index contributed by atoms with van der Waals surface area (Å²) >= 11 is 1.52. The van der Waals surface area contributed by atoms with Crippen LogP contribution in [0.1, 0.15) is 35.3 Å². The molecule has 0 spiro atoms. The first kappa shape index (κ1) is 20.6. The Morgan fingerprint density at radius 3 is 2.57 bits per heavy atom. The summed E-state index contributed by atoms with van der Waals surface area (Å²) in [6.07, 6.45) is 0. The molecule has 1 aliphatic rings. The summed E-state index contributed by atoms with van der Waals surface area (Å²) in [5.41, 5.74) is 3.69. The standard InChI is InChI=1S/C23H27N3O3S/c1-5-25(6-2)9-10-26(22(27)17-8-7-15(3)11-16(17)4)23-24-18-12-19-20(29-14-28-19)13-21(18)30-23/h7-8,11-13H,5-6,9-10,14H2,1-4H3/p+1. The molecule has 6 nitrogen and oxygen atoms in total. The van der Waals surface area contributed by atoms with Crippen molar-refractivity contribution in [2.24, 2.45) is 0 Å². The minimum Gasteiger partial charge on any atom is -0.454 e. The van der Waals surface area contributed by atoms with Gasteiger partial charge in [0.2, 0.25) is 6.79 Å². The van der Waals surface area contributed by atoms with Crippen LogP contribution in [0, 0.1) is 13.8 Å². The van der Waals surface area contributed by atoms with E-state index >= 15 is 0 Å². The van der Waals surface area contributed by atoms with Crippen LogP contribution < -0.4 is 19.3 Å². The normalized spacial score (nSPS) is 12.7. The average Bonchev–Trinajstić information content (AvgIpc) is 3.34. The molecule has 7 heteroatoms. The number of nitrogens with one attached hydrogen (secondary N) is 1. The number of thiazole rings is 1. The molecule has 1 aliphatic heterocycles. The highest BCUT2D eigenvalue weighted by molar-refractivity contribution is 7.22. The molecule has 1 N–H and O–H groups in total. The molecule has 4 rings (SSSR count). The molecule has 0 unspecified atom stereocenters. The van der Waals surface area contributed by atoms with Gasteiger partial charge in [0.25, 0.3) is 5.91 Å². The number of carbonyl (C=O) groups excluding carboxylic acids is 1. The molecule has 3 aromatic rings. The molecule has 158 valence electrons. The van der Waals surface area contributed by atoms with Gasteiger partial charge in [-0.2, -0.15) is 0 Å². The number of nitrogens with zero attached hydrogens (tertiary/aromatic N) is 2. The SMILES string of the molecule is CC[NH+](CC)CCN(C(=O)c1ccc(C)cc1C)c1nc2cc3c(cc2s1)OCO3. The first-order valence-corrected chi connectivity index (χ1v) is 11.2. The molecule has 0 bridgehead atoms. The van der Waals surface area contributed by atoms with Crippen LogP contribution in [0.5, 0.6) is 11.5 Å². The Labute approximate surface area is 181 Å². The second-order valence-corrected chi connectivity index (χ2v) is 8.66. The largest absolute Gasteiger partial charge is 0.454 e. The van der Waals surface area contributed by atoms with Gasteiger partial charge in [-0.1, -0.05) is 29.0 Å². The third-order valence-corrected chi connectivity index (χ3v) is 6.69. The van der Waals surface area contributed by atoms with Crippen molar-refractivity contribution in [2.45, 2.75) is 27.7 Å². The van der Waals surface area contributed by atoms with E-state index in [2.05, 4.69) is 19.9 Å². The quantitative estimate of drug-likeness (QED) is 0.630. The molecule has 30 heavy (non-hydrogen) atoms. The van der Waals surface area contributed by atoms with E-state index in [0.717, 1.165) is 52.3 Å². The van der Waals surface area contributed by atoms with Crippen LogP contribution in [-0.2, 0) is 0 Å². The lowest BCUT2D eigenvalue weighted by Crippen LogP contribution is -3.12. The summed E-state index contributed by atoms with van der Waals surface area (Å²) in [6, 6.07) is 9.82. The van der Waals surface area contributed by atoms with Crippen molar-refractivity contribution in [3.8, 4) is 11.5 Å². The van der Waals surface area contributed by atoms with Crippen molar-refractivity contribution in [1.82, 2.24) is 4.98 Å². The van der Waals surface area contributed by atoms with Gasteiger partial charge < -0.3 is 14.4 Å². The highest BCUT2D eigenvalue weighted by atomic mass is 32.1. The lowest BCUT2D eigenvalue weighted by atomic mass is 10.0. The van der Waals surface area contributed by atoms with E-state index in [4.69, 9.17) is 14.5 Å².